The Labute approximate surface area is 74.3 Å². The third-order valence-corrected chi connectivity index (χ3v) is 1.81. The quantitative estimate of drug-likeness (QED) is 0.343. The van der Waals surface area contributed by atoms with Gasteiger partial charge in [-0.25, -0.2) is 0 Å². The molecular formula is C10H15Cl. The molecule has 0 fully saturated rings. The average molecular weight is 171 g/mol. The van der Waals surface area contributed by atoms with E-state index in [9.17, 15) is 0 Å². The van der Waals surface area contributed by atoms with Gasteiger partial charge in [0.1, 0.15) is 0 Å². The lowest BCUT2D eigenvalue weighted by atomic mass is 10.2. The molecule has 62 valence electrons. The number of rotatable bonds is 4. The minimum atomic E-state index is 0.555. The van der Waals surface area contributed by atoms with Crippen LogP contribution in [0.15, 0.2) is 36.0 Å². The van der Waals surface area contributed by atoms with Crippen molar-refractivity contribution in [2.75, 3.05) is 5.88 Å². The van der Waals surface area contributed by atoms with E-state index in [2.05, 4.69) is 31.7 Å². The fraction of sp³-hybridized carbons (Fsp3) is 0.400. The van der Waals surface area contributed by atoms with Crippen molar-refractivity contribution >= 4 is 11.6 Å². The summed E-state index contributed by atoms with van der Waals surface area (Å²) in [5, 5.41) is 0. The zero-order chi connectivity index (χ0) is 8.69. The summed E-state index contributed by atoms with van der Waals surface area (Å²) >= 11 is 5.55. The first kappa shape index (κ1) is 10.5. The van der Waals surface area contributed by atoms with Crippen LogP contribution in [0.4, 0.5) is 0 Å². The zero-order valence-electron chi connectivity index (χ0n) is 7.23. The van der Waals surface area contributed by atoms with Crippen LogP contribution < -0.4 is 0 Å². The number of halogens is 1. The Balaban J connectivity index is 3.69. The van der Waals surface area contributed by atoms with Crippen LogP contribution in [0.3, 0.4) is 0 Å². The van der Waals surface area contributed by atoms with E-state index in [-0.39, 0.29) is 0 Å². The predicted octanol–water partition coefficient (Wildman–Crippen LogP) is 3.69. The number of allylic oxidation sites excluding steroid dienone is 5. The summed E-state index contributed by atoms with van der Waals surface area (Å²) in [5.74, 6) is 0.555. The molecule has 0 aliphatic carbocycles. The van der Waals surface area contributed by atoms with Crippen molar-refractivity contribution in [2.24, 2.45) is 0 Å². The van der Waals surface area contributed by atoms with E-state index in [0.29, 0.717) is 5.88 Å². The third kappa shape index (κ3) is 5.93. The molecule has 1 heteroatoms. The monoisotopic (exact) mass is 170 g/mol. The first-order chi connectivity index (χ1) is 5.20. The van der Waals surface area contributed by atoms with Crippen LogP contribution in [-0.2, 0) is 0 Å². The molecule has 0 heterocycles. The van der Waals surface area contributed by atoms with Gasteiger partial charge >= 0.3 is 0 Å². The summed E-state index contributed by atoms with van der Waals surface area (Å²) in [4.78, 5) is 0. The molecule has 0 amide bonds. The molecule has 0 aromatic rings. The summed E-state index contributed by atoms with van der Waals surface area (Å²) in [6, 6.07) is 0. The Hall–Kier alpha value is -0.490. The topological polar surface area (TPSA) is 0 Å². The summed E-state index contributed by atoms with van der Waals surface area (Å²) in [6.07, 6.45) is 7.12. The van der Waals surface area contributed by atoms with Gasteiger partial charge in [-0.05, 0) is 20.3 Å². The van der Waals surface area contributed by atoms with Crippen LogP contribution >= 0.6 is 11.6 Å². The predicted molar refractivity (Wildman–Crippen MR) is 53.0 cm³/mol. The standard InChI is InChI=1S/C10H15Cl/c1-4-9(2)6-5-7-10(3)8-11/h4-6H,3,7-8H2,1-2H3/b6-5?,9-4-. The van der Waals surface area contributed by atoms with Gasteiger partial charge in [0.05, 0.1) is 0 Å². The van der Waals surface area contributed by atoms with Crippen molar-refractivity contribution < 1.29 is 0 Å². The Kier molecular flexibility index (Phi) is 5.96. The van der Waals surface area contributed by atoms with E-state index in [1.807, 2.05) is 6.92 Å². The molecule has 0 aromatic heterocycles. The van der Waals surface area contributed by atoms with Crippen molar-refractivity contribution in [1.82, 2.24) is 0 Å². The molecule has 0 rings (SSSR count). The fourth-order valence-electron chi connectivity index (χ4n) is 0.562. The van der Waals surface area contributed by atoms with Gasteiger partial charge in [0.2, 0.25) is 0 Å². The maximum absolute atomic E-state index is 5.55. The Morgan fingerprint density at radius 1 is 1.55 bits per heavy atom. The van der Waals surface area contributed by atoms with Crippen molar-refractivity contribution in [3.8, 4) is 0 Å². The molecule has 0 radical (unpaired) electrons. The second-order valence-electron chi connectivity index (χ2n) is 2.52. The van der Waals surface area contributed by atoms with Gasteiger partial charge in [-0.1, -0.05) is 36.0 Å². The van der Waals surface area contributed by atoms with Gasteiger partial charge in [-0.15, -0.1) is 11.6 Å². The maximum atomic E-state index is 5.55. The van der Waals surface area contributed by atoms with Crippen molar-refractivity contribution in [1.29, 1.82) is 0 Å². The first-order valence-corrected chi connectivity index (χ1v) is 4.26. The molecule has 0 atom stereocenters. The van der Waals surface area contributed by atoms with E-state index in [1.54, 1.807) is 0 Å². The summed E-state index contributed by atoms with van der Waals surface area (Å²) in [7, 11) is 0. The lowest BCUT2D eigenvalue weighted by Gasteiger charge is -1.93. The van der Waals surface area contributed by atoms with Gasteiger partial charge in [-0.3, -0.25) is 0 Å². The molecule has 0 aliphatic rings. The smallest absolute Gasteiger partial charge is 0.0433 e. The van der Waals surface area contributed by atoms with E-state index in [1.165, 1.54) is 5.57 Å². The fourth-order valence-corrected chi connectivity index (χ4v) is 0.671. The van der Waals surface area contributed by atoms with Crippen molar-refractivity contribution in [3.63, 3.8) is 0 Å². The normalized spacial score (nSPS) is 12.5. The molecule has 0 saturated heterocycles. The van der Waals surface area contributed by atoms with Crippen LogP contribution in [0.5, 0.6) is 0 Å². The second kappa shape index (κ2) is 6.23. The molecule has 0 unspecified atom stereocenters. The largest absolute Gasteiger partial charge is 0.122 e. The Morgan fingerprint density at radius 3 is 2.64 bits per heavy atom. The van der Waals surface area contributed by atoms with Gasteiger partial charge in [0, 0.05) is 5.88 Å². The number of hydrogen-bond acceptors (Lipinski definition) is 0. The summed E-state index contributed by atoms with van der Waals surface area (Å²) in [6.45, 7) is 7.89. The highest BCUT2D eigenvalue weighted by Gasteiger charge is 1.85. The zero-order valence-corrected chi connectivity index (χ0v) is 7.99. The van der Waals surface area contributed by atoms with E-state index in [4.69, 9.17) is 11.6 Å². The highest BCUT2D eigenvalue weighted by molar-refractivity contribution is 6.19. The molecule has 0 aliphatic heterocycles. The lowest BCUT2D eigenvalue weighted by molar-refractivity contribution is 1.22. The van der Waals surface area contributed by atoms with E-state index < -0.39 is 0 Å². The molecule has 0 spiro atoms. The summed E-state index contributed by atoms with van der Waals surface area (Å²) < 4.78 is 0. The minimum absolute atomic E-state index is 0.555. The second-order valence-corrected chi connectivity index (χ2v) is 2.79. The molecule has 0 bridgehead atoms. The molecule has 0 aromatic carbocycles. The maximum Gasteiger partial charge on any atom is 0.0433 e. The SMILES string of the molecule is C=C(CCl)CC=C/C(C)=C\C. The van der Waals surface area contributed by atoms with Gasteiger partial charge in [0.15, 0.2) is 0 Å². The van der Waals surface area contributed by atoms with Gasteiger partial charge in [-0.2, -0.15) is 0 Å². The van der Waals surface area contributed by atoms with E-state index >= 15 is 0 Å². The molecule has 0 N–H and O–H groups in total. The molecule has 0 saturated carbocycles. The number of hydrogen-bond donors (Lipinski definition) is 0. The third-order valence-electron chi connectivity index (χ3n) is 1.43. The van der Waals surface area contributed by atoms with Crippen LogP contribution in [0.2, 0.25) is 0 Å². The lowest BCUT2D eigenvalue weighted by Crippen LogP contribution is -1.78. The van der Waals surface area contributed by atoms with Gasteiger partial charge in [0.25, 0.3) is 0 Å². The Bertz CT molecular complexity index is 175. The average Bonchev–Trinajstić information content (AvgIpc) is 2.04. The van der Waals surface area contributed by atoms with Crippen LogP contribution in [-0.4, -0.2) is 5.88 Å². The van der Waals surface area contributed by atoms with Crippen LogP contribution in [0.25, 0.3) is 0 Å². The number of alkyl halides is 1. The Morgan fingerprint density at radius 2 is 2.18 bits per heavy atom. The molecule has 0 nitrogen and oxygen atoms in total. The summed E-state index contributed by atoms with van der Waals surface area (Å²) in [5.41, 5.74) is 2.33. The highest BCUT2D eigenvalue weighted by atomic mass is 35.5. The van der Waals surface area contributed by atoms with Crippen LogP contribution in [0, 0.1) is 0 Å². The minimum Gasteiger partial charge on any atom is -0.122 e. The first-order valence-electron chi connectivity index (χ1n) is 3.72. The van der Waals surface area contributed by atoms with E-state index in [0.717, 1.165) is 12.0 Å². The van der Waals surface area contributed by atoms with Crippen LogP contribution in [0.1, 0.15) is 20.3 Å². The van der Waals surface area contributed by atoms with Crippen molar-refractivity contribution in [3.05, 3.63) is 36.0 Å². The molecular weight excluding hydrogens is 156 g/mol. The highest BCUT2D eigenvalue weighted by Crippen LogP contribution is 2.03. The van der Waals surface area contributed by atoms with Crippen molar-refractivity contribution in [2.45, 2.75) is 20.3 Å². The molecule has 11 heavy (non-hydrogen) atoms. The van der Waals surface area contributed by atoms with Gasteiger partial charge < -0.3 is 0 Å².